The molecular weight excluding hydrogens is 642 g/mol. The molecule has 23 heteroatoms. The number of aromatic nitrogens is 8. The number of H-pyrrole nitrogens is 1. The first-order valence-corrected chi connectivity index (χ1v) is 17.4. The van der Waals surface area contributed by atoms with E-state index in [0.29, 0.717) is 11.2 Å². The molecule has 0 amide bonds. The normalized spacial score (nSPS) is 39.2. The smallest absolute Gasteiger partial charge is 0.386 e. The zero-order valence-electron chi connectivity index (χ0n) is 20.7. The minimum atomic E-state index is -4.44. The maximum Gasteiger partial charge on any atom is 0.388 e. The third-order valence-corrected chi connectivity index (χ3v) is 9.92. The molecule has 19 nitrogen and oxygen atoms in total. The molecule has 7 rings (SSSR count). The number of aliphatic hydroxyl groups excluding tert-OH is 2. The molecule has 0 spiro atoms. The monoisotopic (exact) mass is 662 g/mol. The van der Waals surface area contributed by atoms with Gasteiger partial charge in [0.25, 0.3) is 5.56 Å². The number of thiol groups is 1. The summed E-state index contributed by atoms with van der Waals surface area (Å²) in [4.78, 5) is 39.4. The van der Waals surface area contributed by atoms with Gasteiger partial charge in [-0.3, -0.25) is 27.5 Å². The molecule has 10 atom stereocenters. The molecule has 2 bridgehead atoms. The Hall–Kier alpha value is -2.23. The molecule has 3 saturated heterocycles. The van der Waals surface area contributed by atoms with Crippen molar-refractivity contribution in [1.82, 2.24) is 39.3 Å². The van der Waals surface area contributed by atoms with Crippen LogP contribution in [-0.4, -0.2) is 97.8 Å². The largest absolute Gasteiger partial charge is 0.388 e. The van der Waals surface area contributed by atoms with E-state index in [1.807, 2.05) is 0 Å². The van der Waals surface area contributed by atoms with E-state index in [0.717, 1.165) is 0 Å². The van der Waals surface area contributed by atoms with Crippen molar-refractivity contribution < 1.29 is 47.2 Å². The molecule has 42 heavy (non-hydrogen) atoms. The van der Waals surface area contributed by atoms with E-state index in [9.17, 15) is 24.5 Å². The molecule has 0 saturated carbocycles. The predicted octanol–water partition coefficient (Wildman–Crippen LogP) is -0.495. The zero-order chi connectivity index (χ0) is 29.4. The fraction of sp³-hybridized carbons (Fsp3) is 0.474. The van der Waals surface area contributed by atoms with Gasteiger partial charge < -0.3 is 29.1 Å². The van der Waals surface area contributed by atoms with Crippen LogP contribution in [0.15, 0.2) is 36.2 Å². The van der Waals surface area contributed by atoms with Crippen molar-refractivity contribution in [2.45, 2.75) is 49.3 Å². The first kappa shape index (κ1) is 28.5. The molecule has 4 aromatic rings. The van der Waals surface area contributed by atoms with E-state index in [-0.39, 0.29) is 11.0 Å². The maximum absolute atomic E-state index is 13.5. The van der Waals surface area contributed by atoms with Gasteiger partial charge in [0.2, 0.25) is 0 Å². The zero-order valence-corrected chi connectivity index (χ0v) is 24.2. The number of nitrogens with one attached hydrogen (secondary N) is 1. The van der Waals surface area contributed by atoms with Gasteiger partial charge >= 0.3 is 13.5 Å². The number of aliphatic hydroxyl groups is 2. The highest BCUT2D eigenvalue weighted by Gasteiger charge is 2.54. The minimum Gasteiger partial charge on any atom is -0.386 e. The Bertz CT molecular complexity index is 1820. The van der Waals surface area contributed by atoms with Crippen LogP contribution in [-0.2, 0) is 43.9 Å². The van der Waals surface area contributed by atoms with Crippen molar-refractivity contribution in [3.63, 3.8) is 0 Å². The van der Waals surface area contributed by atoms with Crippen LogP contribution >= 0.6 is 25.8 Å². The molecular formula is C19H20N8O11P2S2. The maximum atomic E-state index is 13.5. The van der Waals surface area contributed by atoms with E-state index < -0.39 is 74.9 Å². The molecule has 0 aliphatic carbocycles. The van der Waals surface area contributed by atoms with E-state index in [1.54, 1.807) is 0 Å². The van der Waals surface area contributed by atoms with Gasteiger partial charge in [-0.05, 0) is 11.8 Å². The number of hydrogen-bond donors (Lipinski definition) is 5. The fourth-order valence-corrected chi connectivity index (χ4v) is 8.05. The van der Waals surface area contributed by atoms with Crippen LogP contribution in [0.5, 0.6) is 0 Å². The number of hydrogen-bond acceptors (Lipinski definition) is 16. The van der Waals surface area contributed by atoms with E-state index >= 15 is 0 Å². The van der Waals surface area contributed by atoms with Crippen molar-refractivity contribution in [2.75, 3.05) is 6.61 Å². The first-order valence-electron chi connectivity index (χ1n) is 12.1. The molecule has 3 aliphatic heterocycles. The second kappa shape index (κ2) is 10.4. The minimum absolute atomic E-state index is 0.00217. The number of aromatic amines is 1. The van der Waals surface area contributed by atoms with E-state index in [4.69, 9.17) is 39.4 Å². The summed E-state index contributed by atoms with van der Waals surface area (Å²) in [6.45, 7) is -9.12. The van der Waals surface area contributed by atoms with Crippen LogP contribution in [0.2, 0.25) is 0 Å². The lowest BCUT2D eigenvalue weighted by molar-refractivity contribution is -0.130. The average molecular weight is 662 g/mol. The molecule has 4 N–H and O–H groups in total. The second-order valence-electron chi connectivity index (χ2n) is 9.39. The van der Waals surface area contributed by atoms with Crippen molar-refractivity contribution >= 4 is 59.8 Å². The standard InChI is InChI=1S/C19H20N8O11P2S2/c28-11-13-9(34-17(11)27-5-22-7-1-20-4-21-15(7)27)3-33-39(31,41)37-14-12(29)19(38-40(32,42)36-13)35-18(14)26-6-23-10-8(26)2-24-25-16(10)30/h1-2,4-6,9,11-14,17-19,28-29H,3H2,(H,25,30)(H,31,41)(H,32,42)/t9-,11-,12+,13-,14-,17-,18?,19-,39?,40?/m1/s1. The Morgan fingerprint density at radius 3 is 2.67 bits per heavy atom. The van der Waals surface area contributed by atoms with Crippen molar-refractivity contribution in [3.8, 4) is 0 Å². The van der Waals surface area contributed by atoms with Gasteiger partial charge in [-0.2, -0.15) is 5.10 Å². The Kier molecular flexibility index (Phi) is 7.10. The van der Waals surface area contributed by atoms with Crippen LogP contribution in [0.4, 0.5) is 0 Å². The van der Waals surface area contributed by atoms with Gasteiger partial charge in [-0.1, -0.05) is 12.2 Å². The fourth-order valence-electron chi connectivity index (χ4n) is 4.97. The van der Waals surface area contributed by atoms with Gasteiger partial charge in [-0.15, -0.1) is 0 Å². The molecule has 3 aliphatic rings. The number of fused-ring (bicyclic) bond motifs is 5. The van der Waals surface area contributed by atoms with Crippen LogP contribution in [0.25, 0.3) is 22.2 Å². The van der Waals surface area contributed by atoms with Gasteiger partial charge in [-0.25, -0.2) is 29.6 Å². The quantitative estimate of drug-likeness (QED) is 0.134. The number of ether oxygens (including phenoxy) is 2. The summed E-state index contributed by atoms with van der Waals surface area (Å²) in [6, 6.07) is 0. The molecule has 0 radical (unpaired) electrons. The summed E-state index contributed by atoms with van der Waals surface area (Å²) >= 11 is 9.25. The summed E-state index contributed by atoms with van der Waals surface area (Å²) in [5, 5.41) is 28.3. The second-order valence-corrected chi connectivity index (χ2v) is 15.0. The third kappa shape index (κ3) is 4.93. The Morgan fingerprint density at radius 2 is 1.83 bits per heavy atom. The highest BCUT2D eigenvalue weighted by molar-refractivity contribution is 8.44. The summed E-state index contributed by atoms with van der Waals surface area (Å²) in [6.07, 6.45) is -4.89. The van der Waals surface area contributed by atoms with Gasteiger partial charge in [0.15, 0.2) is 29.9 Å². The third-order valence-electron chi connectivity index (χ3n) is 6.82. The van der Waals surface area contributed by atoms with E-state index in [1.165, 1.54) is 40.5 Å². The van der Waals surface area contributed by atoms with Crippen LogP contribution < -0.4 is 5.56 Å². The molecule has 3 unspecified atom stereocenters. The highest BCUT2D eigenvalue weighted by atomic mass is 32.7. The summed E-state index contributed by atoms with van der Waals surface area (Å²) in [5.74, 6) is 0. The SMILES string of the molecule is O=c1[nH]ncc2c1ncn2C1O[C@@H]2OP(=O)(S)O[C@H]3[C@@H](O)[C@H](n4cnc5cncnc54)O[C@@H]3COP(O)(=S)O[C@@H]1[C@@H]2O. The summed E-state index contributed by atoms with van der Waals surface area (Å²) in [7, 11) is 0. The summed E-state index contributed by atoms with van der Waals surface area (Å²) < 4.78 is 50.3. The first-order chi connectivity index (χ1) is 20.0. The van der Waals surface area contributed by atoms with E-state index in [2.05, 4.69) is 42.4 Å². The topological polar surface area (TPSA) is 240 Å². The summed E-state index contributed by atoms with van der Waals surface area (Å²) in [5.41, 5.74) is 0.335. The molecule has 7 heterocycles. The van der Waals surface area contributed by atoms with Gasteiger partial charge in [0, 0.05) is 0 Å². The number of rotatable bonds is 2. The number of nitrogens with zero attached hydrogens (tertiary/aromatic N) is 7. The Balaban J connectivity index is 1.22. The lowest BCUT2D eigenvalue weighted by Crippen LogP contribution is -2.38. The number of imidazole rings is 2. The van der Waals surface area contributed by atoms with Crippen molar-refractivity contribution in [3.05, 3.63) is 41.7 Å². The highest BCUT2D eigenvalue weighted by Crippen LogP contribution is 2.60. The molecule has 3 fully saturated rings. The Labute approximate surface area is 243 Å². The lowest BCUT2D eigenvalue weighted by atomic mass is 10.1. The van der Waals surface area contributed by atoms with Crippen LogP contribution in [0, 0.1) is 0 Å². The molecule has 0 aromatic carbocycles. The predicted molar refractivity (Wildman–Crippen MR) is 143 cm³/mol. The lowest BCUT2D eigenvalue weighted by Gasteiger charge is -2.29. The van der Waals surface area contributed by atoms with Crippen LogP contribution in [0.3, 0.4) is 0 Å². The van der Waals surface area contributed by atoms with Gasteiger partial charge in [0.1, 0.15) is 42.4 Å². The van der Waals surface area contributed by atoms with Crippen molar-refractivity contribution in [2.24, 2.45) is 0 Å². The Morgan fingerprint density at radius 1 is 1.02 bits per heavy atom. The molecule has 224 valence electrons. The van der Waals surface area contributed by atoms with Crippen molar-refractivity contribution in [1.29, 1.82) is 0 Å². The van der Waals surface area contributed by atoms with Crippen LogP contribution in [0.1, 0.15) is 12.5 Å². The average Bonchev–Trinajstić information content (AvgIpc) is 3.69. The molecule has 4 aromatic heterocycles. The van der Waals surface area contributed by atoms with Gasteiger partial charge in [0.05, 0.1) is 37.2 Å².